The molecule has 1 aliphatic rings. The topological polar surface area (TPSA) is 47.0 Å². The van der Waals surface area contributed by atoms with Crippen LogP contribution in [0.5, 0.6) is 5.75 Å². The molecular formula is C15H16ClN3O. The summed E-state index contributed by atoms with van der Waals surface area (Å²) < 4.78 is 5.15. The standard InChI is InChI=1S/C15H16ClN3O/c1-20-11-7-5-10(6-8-11)9-17-14-12-3-2-4-13(12)18-15(16)19-14/h5-8H,2-4,9H2,1H3,(H,17,18,19). The molecular weight excluding hydrogens is 274 g/mol. The number of aryl methyl sites for hydroxylation is 1. The summed E-state index contributed by atoms with van der Waals surface area (Å²) in [7, 11) is 1.67. The van der Waals surface area contributed by atoms with Crippen molar-refractivity contribution in [1.29, 1.82) is 0 Å². The third-order valence-corrected chi connectivity index (χ3v) is 3.69. The molecule has 0 unspecified atom stereocenters. The van der Waals surface area contributed by atoms with Crippen molar-refractivity contribution in [3.05, 3.63) is 46.4 Å². The average molecular weight is 290 g/mol. The van der Waals surface area contributed by atoms with Gasteiger partial charge in [-0.2, -0.15) is 0 Å². The largest absolute Gasteiger partial charge is 0.497 e. The third kappa shape index (κ3) is 2.70. The Kier molecular flexibility index (Phi) is 3.74. The highest BCUT2D eigenvalue weighted by Gasteiger charge is 2.18. The van der Waals surface area contributed by atoms with Gasteiger partial charge in [-0.25, -0.2) is 9.97 Å². The fourth-order valence-corrected chi connectivity index (χ4v) is 2.66. The van der Waals surface area contributed by atoms with Gasteiger partial charge in [-0.1, -0.05) is 12.1 Å². The number of hydrogen-bond acceptors (Lipinski definition) is 4. The second kappa shape index (κ2) is 5.67. The Labute approximate surface area is 123 Å². The molecule has 0 saturated heterocycles. The van der Waals surface area contributed by atoms with Gasteiger partial charge < -0.3 is 10.1 Å². The smallest absolute Gasteiger partial charge is 0.224 e. The number of fused-ring (bicyclic) bond motifs is 1. The fraction of sp³-hybridized carbons (Fsp3) is 0.333. The molecule has 5 heteroatoms. The van der Waals surface area contributed by atoms with Gasteiger partial charge in [0, 0.05) is 12.1 Å². The summed E-state index contributed by atoms with van der Waals surface area (Å²) in [5, 5.41) is 3.69. The van der Waals surface area contributed by atoms with Gasteiger partial charge in [0.05, 0.1) is 12.8 Å². The maximum atomic E-state index is 5.97. The molecule has 0 atom stereocenters. The summed E-state index contributed by atoms with van der Waals surface area (Å²) in [5.74, 6) is 1.73. The van der Waals surface area contributed by atoms with Crippen LogP contribution in [0.25, 0.3) is 0 Å². The minimum atomic E-state index is 0.322. The highest BCUT2D eigenvalue weighted by atomic mass is 35.5. The summed E-state index contributed by atoms with van der Waals surface area (Å²) in [5.41, 5.74) is 3.47. The number of halogens is 1. The Morgan fingerprint density at radius 3 is 2.75 bits per heavy atom. The number of ether oxygens (including phenoxy) is 1. The second-order valence-electron chi connectivity index (χ2n) is 4.82. The maximum Gasteiger partial charge on any atom is 0.224 e. The van der Waals surface area contributed by atoms with Crippen LogP contribution in [-0.2, 0) is 19.4 Å². The van der Waals surface area contributed by atoms with Crippen LogP contribution in [0.3, 0.4) is 0 Å². The van der Waals surface area contributed by atoms with Gasteiger partial charge in [-0.15, -0.1) is 0 Å². The molecule has 0 bridgehead atoms. The molecule has 3 rings (SSSR count). The number of nitrogens with one attached hydrogen (secondary N) is 1. The van der Waals surface area contributed by atoms with E-state index in [0.29, 0.717) is 11.8 Å². The van der Waals surface area contributed by atoms with Crippen LogP contribution in [0.15, 0.2) is 24.3 Å². The van der Waals surface area contributed by atoms with Crippen LogP contribution in [0.1, 0.15) is 23.2 Å². The van der Waals surface area contributed by atoms with Crippen molar-refractivity contribution in [2.24, 2.45) is 0 Å². The summed E-state index contributed by atoms with van der Waals surface area (Å²) in [4.78, 5) is 8.60. The summed E-state index contributed by atoms with van der Waals surface area (Å²) in [6, 6.07) is 7.98. The van der Waals surface area contributed by atoms with E-state index in [2.05, 4.69) is 15.3 Å². The van der Waals surface area contributed by atoms with Crippen molar-refractivity contribution < 1.29 is 4.74 Å². The number of methoxy groups -OCH3 is 1. The van der Waals surface area contributed by atoms with Crippen LogP contribution in [-0.4, -0.2) is 17.1 Å². The first-order valence-corrected chi connectivity index (χ1v) is 7.06. The Bertz CT molecular complexity index is 613. The van der Waals surface area contributed by atoms with Crippen LogP contribution >= 0.6 is 11.6 Å². The van der Waals surface area contributed by atoms with Crippen molar-refractivity contribution in [1.82, 2.24) is 9.97 Å². The maximum absolute atomic E-state index is 5.97. The van der Waals surface area contributed by atoms with Crippen molar-refractivity contribution in [3.63, 3.8) is 0 Å². The Morgan fingerprint density at radius 2 is 2.00 bits per heavy atom. The Hall–Kier alpha value is -1.81. The monoisotopic (exact) mass is 289 g/mol. The van der Waals surface area contributed by atoms with Gasteiger partial charge >= 0.3 is 0 Å². The first-order chi connectivity index (χ1) is 9.76. The van der Waals surface area contributed by atoms with Crippen LogP contribution in [0, 0.1) is 0 Å². The molecule has 1 aliphatic carbocycles. The minimum absolute atomic E-state index is 0.322. The van der Waals surface area contributed by atoms with Crippen molar-refractivity contribution in [3.8, 4) is 5.75 Å². The molecule has 0 amide bonds. The highest BCUT2D eigenvalue weighted by molar-refractivity contribution is 6.28. The van der Waals surface area contributed by atoms with E-state index >= 15 is 0 Å². The fourth-order valence-electron chi connectivity index (χ4n) is 2.48. The van der Waals surface area contributed by atoms with Crippen molar-refractivity contribution >= 4 is 17.4 Å². The lowest BCUT2D eigenvalue weighted by Gasteiger charge is -2.10. The van der Waals surface area contributed by atoms with Gasteiger partial charge in [-0.05, 0) is 48.6 Å². The summed E-state index contributed by atoms with van der Waals surface area (Å²) in [6.07, 6.45) is 3.15. The van der Waals surface area contributed by atoms with Crippen molar-refractivity contribution in [2.75, 3.05) is 12.4 Å². The highest BCUT2D eigenvalue weighted by Crippen LogP contribution is 2.27. The predicted molar refractivity (Wildman–Crippen MR) is 79.4 cm³/mol. The zero-order valence-corrected chi connectivity index (χ0v) is 12.1. The lowest BCUT2D eigenvalue weighted by atomic mass is 10.2. The molecule has 1 aromatic carbocycles. The minimum Gasteiger partial charge on any atom is -0.497 e. The molecule has 20 heavy (non-hydrogen) atoms. The number of anilines is 1. The molecule has 1 heterocycles. The molecule has 0 saturated carbocycles. The molecule has 0 aliphatic heterocycles. The van der Waals surface area contributed by atoms with Crippen LogP contribution in [0.4, 0.5) is 5.82 Å². The van der Waals surface area contributed by atoms with E-state index in [1.54, 1.807) is 7.11 Å². The van der Waals surface area contributed by atoms with Gasteiger partial charge in [0.15, 0.2) is 0 Å². The number of aromatic nitrogens is 2. The number of benzene rings is 1. The van der Waals surface area contributed by atoms with Gasteiger partial charge in [0.2, 0.25) is 5.28 Å². The Balaban J connectivity index is 1.75. The van der Waals surface area contributed by atoms with E-state index in [9.17, 15) is 0 Å². The molecule has 1 aromatic heterocycles. The number of rotatable bonds is 4. The second-order valence-corrected chi connectivity index (χ2v) is 5.16. The number of hydrogen-bond donors (Lipinski definition) is 1. The molecule has 104 valence electrons. The normalized spacial score (nSPS) is 13.1. The van der Waals surface area contributed by atoms with Gasteiger partial charge in [0.1, 0.15) is 11.6 Å². The first-order valence-electron chi connectivity index (χ1n) is 6.68. The zero-order chi connectivity index (χ0) is 13.9. The van der Waals surface area contributed by atoms with Crippen molar-refractivity contribution in [2.45, 2.75) is 25.8 Å². The summed E-state index contributed by atoms with van der Waals surface area (Å²) in [6.45, 7) is 0.712. The number of nitrogens with zero attached hydrogens (tertiary/aromatic N) is 2. The lowest BCUT2D eigenvalue weighted by molar-refractivity contribution is 0.414. The molecule has 0 fully saturated rings. The van der Waals surface area contributed by atoms with E-state index in [1.807, 2.05) is 24.3 Å². The average Bonchev–Trinajstić information content (AvgIpc) is 2.93. The third-order valence-electron chi connectivity index (χ3n) is 3.52. The Morgan fingerprint density at radius 1 is 1.20 bits per heavy atom. The van der Waals surface area contributed by atoms with Gasteiger partial charge in [-0.3, -0.25) is 0 Å². The molecule has 0 radical (unpaired) electrons. The SMILES string of the molecule is COc1ccc(CNc2nc(Cl)nc3c2CCC3)cc1. The molecule has 2 aromatic rings. The van der Waals surface area contributed by atoms with Crippen LogP contribution in [0.2, 0.25) is 5.28 Å². The van der Waals surface area contributed by atoms with Gasteiger partial charge in [0.25, 0.3) is 0 Å². The van der Waals surface area contributed by atoms with E-state index in [0.717, 1.165) is 36.5 Å². The van der Waals surface area contributed by atoms with E-state index in [4.69, 9.17) is 16.3 Å². The van der Waals surface area contributed by atoms with E-state index in [1.165, 1.54) is 11.1 Å². The van der Waals surface area contributed by atoms with E-state index in [-0.39, 0.29) is 0 Å². The summed E-state index contributed by atoms with van der Waals surface area (Å²) >= 11 is 5.97. The lowest BCUT2D eigenvalue weighted by Crippen LogP contribution is -2.06. The molecule has 4 nitrogen and oxygen atoms in total. The molecule has 0 spiro atoms. The van der Waals surface area contributed by atoms with E-state index < -0.39 is 0 Å². The predicted octanol–water partition coefficient (Wildman–Crippen LogP) is 3.24. The quantitative estimate of drug-likeness (QED) is 0.878. The van der Waals surface area contributed by atoms with Crippen LogP contribution < -0.4 is 10.1 Å². The zero-order valence-electron chi connectivity index (χ0n) is 11.3. The first kappa shape index (κ1) is 13.2. The molecule has 1 N–H and O–H groups in total.